The summed E-state index contributed by atoms with van der Waals surface area (Å²) in [6.07, 6.45) is 3.49. The van der Waals surface area contributed by atoms with Gasteiger partial charge in [-0.05, 0) is 28.4 Å². The van der Waals surface area contributed by atoms with Crippen LogP contribution in [0.1, 0.15) is 35.8 Å². The number of amides is 1. The van der Waals surface area contributed by atoms with Crippen LogP contribution >= 0.6 is 15.9 Å². The fourth-order valence-corrected chi connectivity index (χ4v) is 1.59. The molecule has 0 atom stereocenters. The number of halogens is 1. The SMILES string of the molecule is CCCCOC(=O)NCC#Cc1cc(Br)cnc1C=O. The quantitative estimate of drug-likeness (QED) is 0.509. The van der Waals surface area contributed by atoms with Crippen LogP contribution < -0.4 is 5.32 Å². The highest BCUT2D eigenvalue weighted by Crippen LogP contribution is 2.11. The van der Waals surface area contributed by atoms with Gasteiger partial charge in [-0.25, -0.2) is 4.79 Å². The molecule has 0 fully saturated rings. The van der Waals surface area contributed by atoms with E-state index in [1.54, 1.807) is 6.07 Å². The Balaban J connectivity index is 2.48. The van der Waals surface area contributed by atoms with Crippen LogP contribution in [0.15, 0.2) is 16.7 Å². The highest BCUT2D eigenvalue weighted by atomic mass is 79.9. The van der Waals surface area contributed by atoms with Crippen molar-refractivity contribution in [3.05, 3.63) is 28.0 Å². The molecule has 106 valence electrons. The normalized spacial score (nSPS) is 9.30. The number of aromatic nitrogens is 1. The van der Waals surface area contributed by atoms with E-state index in [0.717, 1.165) is 17.3 Å². The molecule has 1 heterocycles. The number of nitrogens with one attached hydrogen (secondary N) is 1. The molecule has 0 aliphatic carbocycles. The molecule has 1 aromatic rings. The van der Waals surface area contributed by atoms with Gasteiger partial charge in [0.05, 0.1) is 18.7 Å². The van der Waals surface area contributed by atoms with Gasteiger partial charge in [0, 0.05) is 10.7 Å². The number of hydrogen-bond acceptors (Lipinski definition) is 4. The van der Waals surface area contributed by atoms with Crippen molar-refractivity contribution in [3.8, 4) is 11.8 Å². The van der Waals surface area contributed by atoms with Gasteiger partial charge >= 0.3 is 6.09 Å². The molecule has 1 amide bonds. The molecule has 0 aliphatic rings. The molecule has 20 heavy (non-hydrogen) atoms. The molecule has 1 aromatic heterocycles. The summed E-state index contributed by atoms with van der Waals surface area (Å²) in [5, 5.41) is 2.51. The van der Waals surface area contributed by atoms with E-state index in [1.165, 1.54) is 6.20 Å². The van der Waals surface area contributed by atoms with Crippen molar-refractivity contribution < 1.29 is 14.3 Å². The van der Waals surface area contributed by atoms with Gasteiger partial charge in [-0.3, -0.25) is 9.78 Å². The number of pyridine rings is 1. The lowest BCUT2D eigenvalue weighted by Gasteiger charge is -2.02. The Morgan fingerprint density at radius 3 is 3.10 bits per heavy atom. The Labute approximate surface area is 126 Å². The van der Waals surface area contributed by atoms with Crippen molar-refractivity contribution in [1.29, 1.82) is 0 Å². The van der Waals surface area contributed by atoms with Gasteiger partial charge in [0.15, 0.2) is 6.29 Å². The molecule has 0 spiro atoms. The molecule has 0 saturated heterocycles. The van der Waals surface area contributed by atoms with E-state index in [9.17, 15) is 9.59 Å². The largest absolute Gasteiger partial charge is 0.450 e. The second-order valence-electron chi connectivity index (χ2n) is 3.85. The van der Waals surface area contributed by atoms with Gasteiger partial charge in [0.25, 0.3) is 0 Å². The maximum Gasteiger partial charge on any atom is 0.407 e. The van der Waals surface area contributed by atoms with E-state index in [0.29, 0.717) is 18.5 Å². The first kappa shape index (κ1) is 16.2. The predicted molar refractivity (Wildman–Crippen MR) is 78.5 cm³/mol. The molecule has 5 nitrogen and oxygen atoms in total. The van der Waals surface area contributed by atoms with Crippen LogP contribution in [0.5, 0.6) is 0 Å². The minimum atomic E-state index is -0.490. The highest BCUT2D eigenvalue weighted by molar-refractivity contribution is 9.10. The standard InChI is InChI=1S/C14H15BrN2O3/c1-2-3-7-20-14(19)16-6-4-5-11-8-12(15)9-17-13(11)10-18/h8-10H,2-3,6-7H2,1H3,(H,16,19). The molecule has 1 rings (SSSR count). The first-order valence-corrected chi connectivity index (χ1v) is 6.97. The summed E-state index contributed by atoms with van der Waals surface area (Å²) in [4.78, 5) is 26.0. The summed E-state index contributed by atoms with van der Waals surface area (Å²) in [7, 11) is 0. The van der Waals surface area contributed by atoms with E-state index >= 15 is 0 Å². The van der Waals surface area contributed by atoms with Gasteiger partial charge in [-0.2, -0.15) is 0 Å². The fraction of sp³-hybridized carbons (Fsp3) is 0.357. The number of unbranched alkanes of at least 4 members (excludes halogenated alkanes) is 1. The van der Waals surface area contributed by atoms with E-state index in [4.69, 9.17) is 4.74 Å². The van der Waals surface area contributed by atoms with Crippen molar-refractivity contribution in [2.45, 2.75) is 19.8 Å². The summed E-state index contributed by atoms with van der Waals surface area (Å²) in [5.74, 6) is 5.53. The number of ether oxygens (including phenoxy) is 1. The Morgan fingerprint density at radius 1 is 1.60 bits per heavy atom. The van der Waals surface area contributed by atoms with E-state index < -0.39 is 6.09 Å². The minimum Gasteiger partial charge on any atom is -0.450 e. The second-order valence-corrected chi connectivity index (χ2v) is 4.76. The van der Waals surface area contributed by atoms with Gasteiger partial charge < -0.3 is 10.1 Å². The van der Waals surface area contributed by atoms with E-state index in [1.807, 2.05) is 6.92 Å². The average Bonchev–Trinajstić information content (AvgIpc) is 2.44. The molecule has 6 heteroatoms. The van der Waals surface area contributed by atoms with Crippen LogP contribution in [-0.4, -0.2) is 30.5 Å². The van der Waals surface area contributed by atoms with Crippen LogP contribution in [-0.2, 0) is 4.74 Å². The van der Waals surface area contributed by atoms with Crippen molar-refractivity contribution in [2.24, 2.45) is 0 Å². The number of nitrogens with zero attached hydrogens (tertiary/aromatic N) is 1. The number of alkyl carbamates (subject to hydrolysis) is 1. The lowest BCUT2D eigenvalue weighted by atomic mass is 10.2. The van der Waals surface area contributed by atoms with Gasteiger partial charge in [-0.15, -0.1) is 0 Å². The molecular formula is C14H15BrN2O3. The van der Waals surface area contributed by atoms with Crippen LogP contribution in [0.4, 0.5) is 4.79 Å². The minimum absolute atomic E-state index is 0.149. The average molecular weight is 339 g/mol. The highest BCUT2D eigenvalue weighted by Gasteiger charge is 2.01. The third-order valence-electron chi connectivity index (χ3n) is 2.27. The van der Waals surface area contributed by atoms with E-state index in [2.05, 4.69) is 38.1 Å². The van der Waals surface area contributed by atoms with Crippen LogP contribution in [0, 0.1) is 11.8 Å². The molecular weight excluding hydrogens is 324 g/mol. The summed E-state index contributed by atoms with van der Waals surface area (Å²) in [6.45, 7) is 2.57. The summed E-state index contributed by atoms with van der Waals surface area (Å²) in [5.41, 5.74) is 0.779. The topological polar surface area (TPSA) is 68.3 Å². The fourth-order valence-electron chi connectivity index (χ4n) is 1.26. The lowest BCUT2D eigenvalue weighted by Crippen LogP contribution is -2.24. The van der Waals surface area contributed by atoms with E-state index in [-0.39, 0.29) is 12.2 Å². The third-order valence-corrected chi connectivity index (χ3v) is 2.71. The lowest BCUT2D eigenvalue weighted by molar-refractivity contribution is 0.111. The van der Waals surface area contributed by atoms with Crippen molar-refractivity contribution in [2.75, 3.05) is 13.2 Å². The Bertz CT molecular complexity index is 535. The second kappa shape index (κ2) is 9.10. The summed E-state index contributed by atoms with van der Waals surface area (Å²) in [6, 6.07) is 1.70. The van der Waals surface area contributed by atoms with Crippen molar-refractivity contribution in [3.63, 3.8) is 0 Å². The molecule has 0 bridgehead atoms. The van der Waals surface area contributed by atoms with Crippen molar-refractivity contribution >= 4 is 28.3 Å². The molecule has 0 aliphatic heterocycles. The maximum absolute atomic E-state index is 11.2. The first-order chi connectivity index (χ1) is 9.67. The Morgan fingerprint density at radius 2 is 2.40 bits per heavy atom. The number of aldehydes is 1. The van der Waals surface area contributed by atoms with Crippen LogP contribution in [0.2, 0.25) is 0 Å². The Kier molecular flexibility index (Phi) is 7.36. The van der Waals surface area contributed by atoms with Crippen LogP contribution in [0.3, 0.4) is 0 Å². The number of hydrogen-bond donors (Lipinski definition) is 1. The molecule has 0 saturated carbocycles. The molecule has 0 aromatic carbocycles. The summed E-state index contributed by atoms with van der Waals surface area (Å²) >= 11 is 3.26. The van der Waals surface area contributed by atoms with Crippen LogP contribution in [0.25, 0.3) is 0 Å². The van der Waals surface area contributed by atoms with Crippen molar-refractivity contribution in [1.82, 2.24) is 10.3 Å². The monoisotopic (exact) mass is 338 g/mol. The zero-order valence-corrected chi connectivity index (χ0v) is 12.7. The molecule has 1 N–H and O–H groups in total. The maximum atomic E-state index is 11.2. The number of carbonyl (C=O) groups is 2. The van der Waals surface area contributed by atoms with Gasteiger partial charge in [0.1, 0.15) is 5.69 Å². The Hall–Kier alpha value is -1.87. The third kappa shape index (κ3) is 5.85. The van der Waals surface area contributed by atoms with Gasteiger partial charge in [0.2, 0.25) is 0 Å². The molecule has 0 unspecified atom stereocenters. The number of carbonyl (C=O) groups excluding carboxylic acids is 2. The first-order valence-electron chi connectivity index (χ1n) is 6.17. The zero-order valence-electron chi connectivity index (χ0n) is 11.1. The number of rotatable bonds is 5. The summed E-state index contributed by atoms with van der Waals surface area (Å²) < 4.78 is 5.64. The predicted octanol–water partition coefficient (Wildman–Crippen LogP) is 2.53. The van der Waals surface area contributed by atoms with Gasteiger partial charge in [-0.1, -0.05) is 25.2 Å². The zero-order chi connectivity index (χ0) is 14.8. The molecule has 0 radical (unpaired) electrons. The smallest absolute Gasteiger partial charge is 0.407 e.